The van der Waals surface area contributed by atoms with Crippen LogP contribution < -0.4 is 0 Å². The van der Waals surface area contributed by atoms with Gasteiger partial charge >= 0.3 is 0 Å². The molecule has 0 spiro atoms. The van der Waals surface area contributed by atoms with Crippen molar-refractivity contribution in [2.24, 2.45) is 0 Å². The van der Waals surface area contributed by atoms with Gasteiger partial charge in [0.15, 0.2) is 0 Å². The zero-order chi connectivity index (χ0) is 78.9. The Morgan fingerprint density at radius 2 is 0.433 bits per heavy atom. The van der Waals surface area contributed by atoms with Gasteiger partial charge in [-0.25, -0.2) is 0 Å². The highest BCUT2D eigenvalue weighted by atomic mass is 15.0. The van der Waals surface area contributed by atoms with Crippen molar-refractivity contribution in [2.75, 3.05) is 0 Å². The van der Waals surface area contributed by atoms with E-state index in [0.29, 0.717) is 0 Å². The summed E-state index contributed by atoms with van der Waals surface area (Å²) in [4.78, 5) is 0. The van der Waals surface area contributed by atoms with Crippen molar-refractivity contribution >= 4 is 109 Å². The molecule has 0 atom stereocenters. The van der Waals surface area contributed by atoms with Gasteiger partial charge in [-0.05, 0) is 212 Å². The Kier molecular flexibility index (Phi) is 15.8. The Labute approximate surface area is 693 Å². The van der Waals surface area contributed by atoms with Crippen LogP contribution in [0.25, 0.3) is 193 Å². The van der Waals surface area contributed by atoms with Crippen molar-refractivity contribution in [1.82, 2.24) is 22.8 Å². The molecule has 0 unspecified atom stereocenters. The van der Waals surface area contributed by atoms with Gasteiger partial charge in [0, 0.05) is 87.9 Å². The third kappa shape index (κ3) is 10.7. The number of para-hydroxylation sites is 6. The summed E-state index contributed by atoms with van der Waals surface area (Å²) in [6.45, 7) is 0. The third-order valence-corrected chi connectivity index (χ3v) is 25.4. The predicted octanol–water partition coefficient (Wildman–Crippen LogP) is 29.9. The van der Waals surface area contributed by atoms with Crippen LogP contribution in [-0.2, 0) is 5.41 Å². The summed E-state index contributed by atoms with van der Waals surface area (Å²) in [5.74, 6) is 0. The van der Waals surface area contributed by atoms with Gasteiger partial charge in [-0.15, -0.1) is 0 Å². The standard InChI is InChI=1S/C61H40N2.C54H35N3/c1-5-17-41(18-6-1)42-29-33-48(34-30-42)62-56-28-16-14-25-49(56)52-39-43(31-37-57(52)62)44-32-38-58-53(40-44)50-35-36-55-59(60(50)63(58)47-23-11-4-12-24-47)51-26-13-15-27-54(51)61(55,45-19-7-2-8-20-45)46-21-9-3-10-22-46;1-4-14-36(15-5-1)37-24-28-42(29-25-37)55-49-22-12-10-20-43(49)45-32-38(26-30-51(45)55)39-27-31-52-46(33-39)48-34-47-44-21-11-13-23-50(44)56(40-16-6-2-7-17-40)53(47)35-54(48)57(52)41-18-8-3-9-19-41/h1-40H;1-35H. The van der Waals surface area contributed by atoms with Gasteiger partial charge in [0.05, 0.1) is 60.6 Å². The zero-order valence-corrected chi connectivity index (χ0v) is 65.5. The maximum atomic E-state index is 2.51. The molecular formula is C115H75N5. The van der Waals surface area contributed by atoms with Crippen molar-refractivity contribution in [3.8, 4) is 84.1 Å². The Morgan fingerprint density at radius 1 is 0.150 bits per heavy atom. The molecule has 5 heterocycles. The summed E-state index contributed by atoms with van der Waals surface area (Å²) in [5, 5.41) is 12.5. The van der Waals surface area contributed by atoms with Crippen LogP contribution >= 0.6 is 0 Å². The minimum atomic E-state index is -0.482. The third-order valence-electron chi connectivity index (χ3n) is 25.4. The number of rotatable bonds is 11. The molecule has 0 bridgehead atoms. The molecule has 1 aliphatic rings. The van der Waals surface area contributed by atoms with E-state index in [4.69, 9.17) is 0 Å². The molecule has 120 heavy (non-hydrogen) atoms. The minimum absolute atomic E-state index is 0.482. The Hall–Kier alpha value is -15.8. The molecule has 0 radical (unpaired) electrons. The van der Waals surface area contributed by atoms with E-state index in [9.17, 15) is 0 Å². The Balaban J connectivity index is 0.000000137. The van der Waals surface area contributed by atoms with Crippen molar-refractivity contribution in [3.05, 3.63) is 477 Å². The average molecular weight is 1530 g/mol. The summed E-state index contributed by atoms with van der Waals surface area (Å²) in [5.41, 5.74) is 34.8. The second-order valence-electron chi connectivity index (χ2n) is 31.8. The molecule has 560 valence electrons. The van der Waals surface area contributed by atoms with Crippen molar-refractivity contribution < 1.29 is 0 Å². The molecule has 24 aromatic rings. The molecule has 0 N–H and O–H groups in total. The van der Waals surface area contributed by atoms with E-state index in [2.05, 4.69) is 478 Å². The van der Waals surface area contributed by atoms with Gasteiger partial charge in [-0.3, -0.25) is 0 Å². The number of nitrogens with zero attached hydrogens (tertiary/aromatic N) is 5. The smallest absolute Gasteiger partial charge is 0.0714 e. The van der Waals surface area contributed by atoms with Gasteiger partial charge in [-0.2, -0.15) is 0 Å². The van der Waals surface area contributed by atoms with E-state index in [1.807, 2.05) is 0 Å². The van der Waals surface area contributed by atoms with Crippen LogP contribution in [-0.4, -0.2) is 22.8 Å². The Morgan fingerprint density at radius 3 is 0.858 bits per heavy atom. The number of benzene rings is 19. The van der Waals surface area contributed by atoms with Crippen molar-refractivity contribution in [1.29, 1.82) is 0 Å². The number of hydrogen-bond donors (Lipinski definition) is 0. The summed E-state index contributed by atoms with van der Waals surface area (Å²) < 4.78 is 12.2. The fourth-order valence-electron chi connectivity index (χ4n) is 20.2. The fourth-order valence-corrected chi connectivity index (χ4v) is 20.2. The minimum Gasteiger partial charge on any atom is -0.309 e. The average Bonchev–Trinajstić information content (AvgIpc) is 1.50. The summed E-state index contributed by atoms with van der Waals surface area (Å²) in [6.07, 6.45) is 0. The lowest BCUT2D eigenvalue weighted by Gasteiger charge is -2.33. The second-order valence-corrected chi connectivity index (χ2v) is 31.8. The fraction of sp³-hybridized carbons (Fsp3) is 0.00870. The first-order valence-corrected chi connectivity index (χ1v) is 41.4. The Bertz CT molecular complexity index is 8100. The summed E-state index contributed by atoms with van der Waals surface area (Å²) >= 11 is 0. The first-order valence-electron chi connectivity index (χ1n) is 41.4. The van der Waals surface area contributed by atoms with E-state index in [1.165, 1.54) is 187 Å². The van der Waals surface area contributed by atoms with Crippen LogP contribution in [0.5, 0.6) is 0 Å². The zero-order valence-electron chi connectivity index (χ0n) is 65.5. The van der Waals surface area contributed by atoms with Gasteiger partial charge in [-0.1, -0.05) is 315 Å². The molecule has 0 fully saturated rings. The van der Waals surface area contributed by atoms with Crippen LogP contribution in [0.3, 0.4) is 0 Å². The van der Waals surface area contributed by atoms with Gasteiger partial charge in [0.25, 0.3) is 0 Å². The number of hydrogen-bond acceptors (Lipinski definition) is 0. The maximum Gasteiger partial charge on any atom is 0.0714 e. The molecule has 0 aliphatic heterocycles. The molecule has 19 aromatic carbocycles. The highest BCUT2D eigenvalue weighted by Crippen LogP contribution is 2.59. The normalized spacial score (nSPS) is 12.4. The van der Waals surface area contributed by atoms with Crippen LogP contribution in [0.1, 0.15) is 22.3 Å². The topological polar surface area (TPSA) is 24.6 Å². The molecule has 0 saturated carbocycles. The highest BCUT2D eigenvalue weighted by Gasteiger charge is 2.47. The molecular weight excluding hydrogens is 1450 g/mol. The highest BCUT2D eigenvalue weighted by molar-refractivity contribution is 6.21. The maximum absolute atomic E-state index is 2.51. The number of aromatic nitrogens is 5. The molecule has 5 aromatic heterocycles. The largest absolute Gasteiger partial charge is 0.309 e. The summed E-state index contributed by atoms with van der Waals surface area (Å²) in [6, 6.07) is 167. The van der Waals surface area contributed by atoms with Gasteiger partial charge < -0.3 is 22.8 Å². The predicted molar refractivity (Wildman–Crippen MR) is 504 cm³/mol. The van der Waals surface area contributed by atoms with Crippen LogP contribution in [0.2, 0.25) is 0 Å². The van der Waals surface area contributed by atoms with Crippen LogP contribution in [0.15, 0.2) is 455 Å². The molecule has 1 aliphatic carbocycles. The molecule has 0 amide bonds. The quantitative estimate of drug-likeness (QED) is 0.123. The van der Waals surface area contributed by atoms with Crippen LogP contribution in [0, 0.1) is 0 Å². The van der Waals surface area contributed by atoms with E-state index >= 15 is 0 Å². The van der Waals surface area contributed by atoms with Crippen molar-refractivity contribution in [2.45, 2.75) is 5.41 Å². The second kappa shape index (κ2) is 27.7. The first-order chi connectivity index (χ1) is 59.6. The van der Waals surface area contributed by atoms with E-state index in [0.717, 1.165) is 28.4 Å². The molecule has 25 rings (SSSR count). The molecule has 5 nitrogen and oxygen atoms in total. The lowest BCUT2D eigenvalue weighted by atomic mass is 9.67. The SMILES string of the molecule is c1ccc(-c2ccc(-n3c4ccccc4c4cc(-c5ccc6c(c5)c5cc7c8ccccc8n(-c8ccccc8)c7cc5n6-c5ccccc5)ccc43)cc2)cc1.c1ccc(-c2ccc(-n3c4ccccc4c4cc(-c5ccc6c(c5)c5ccc7c(c5n6-c5ccccc5)-c5ccccc5C7(c5ccccc5)c5ccccc5)ccc43)cc2)cc1. The lowest BCUT2D eigenvalue weighted by molar-refractivity contribution is 0.769. The van der Waals surface area contributed by atoms with Gasteiger partial charge in [0.2, 0.25) is 0 Å². The molecule has 5 heteroatoms. The molecule has 0 saturated heterocycles. The van der Waals surface area contributed by atoms with Crippen LogP contribution in [0.4, 0.5) is 0 Å². The summed E-state index contributed by atoms with van der Waals surface area (Å²) in [7, 11) is 0. The first kappa shape index (κ1) is 68.6. The number of fused-ring (bicyclic) bond motifs is 19. The van der Waals surface area contributed by atoms with Crippen molar-refractivity contribution in [3.63, 3.8) is 0 Å². The van der Waals surface area contributed by atoms with Gasteiger partial charge in [0.1, 0.15) is 0 Å². The van der Waals surface area contributed by atoms with E-state index in [1.54, 1.807) is 0 Å². The monoisotopic (exact) mass is 1530 g/mol. The lowest BCUT2D eigenvalue weighted by Crippen LogP contribution is -2.28. The van der Waals surface area contributed by atoms with E-state index < -0.39 is 5.41 Å². The van der Waals surface area contributed by atoms with E-state index in [-0.39, 0.29) is 0 Å².